The summed E-state index contributed by atoms with van der Waals surface area (Å²) in [5, 5.41) is 2.86. The van der Waals surface area contributed by atoms with E-state index in [1.54, 1.807) is 30.8 Å². The maximum absolute atomic E-state index is 12.2. The van der Waals surface area contributed by atoms with Crippen molar-refractivity contribution in [3.63, 3.8) is 0 Å². The van der Waals surface area contributed by atoms with E-state index in [0.717, 1.165) is 25.9 Å². The summed E-state index contributed by atoms with van der Waals surface area (Å²) in [7, 11) is 1.76. The largest absolute Gasteiger partial charge is 0.461 e. The van der Waals surface area contributed by atoms with E-state index >= 15 is 0 Å². The Morgan fingerprint density at radius 3 is 2.52 bits per heavy atom. The normalized spacial score (nSPS) is 15.4. The van der Waals surface area contributed by atoms with Crippen LogP contribution in [0.15, 0.2) is 12.3 Å². The topological polar surface area (TPSA) is 63.6 Å². The van der Waals surface area contributed by atoms with Crippen molar-refractivity contribution in [3.8, 4) is 0 Å². The molecule has 0 radical (unpaired) electrons. The van der Waals surface area contributed by atoms with Gasteiger partial charge in [-0.25, -0.2) is 9.59 Å². The lowest BCUT2D eigenvalue weighted by Gasteiger charge is -2.20. The average Bonchev–Trinajstić information content (AvgIpc) is 2.67. The van der Waals surface area contributed by atoms with E-state index in [0.29, 0.717) is 18.0 Å². The molecule has 116 valence electrons. The Labute approximate surface area is 125 Å². The van der Waals surface area contributed by atoms with Gasteiger partial charge < -0.3 is 19.5 Å². The molecule has 1 aliphatic rings. The van der Waals surface area contributed by atoms with Gasteiger partial charge in [0.25, 0.3) is 0 Å². The summed E-state index contributed by atoms with van der Waals surface area (Å²) in [5.41, 5.74) is 1.05. The second kappa shape index (κ2) is 7.15. The van der Waals surface area contributed by atoms with Crippen LogP contribution in [-0.2, 0) is 11.8 Å². The number of hydrogen-bond donors (Lipinski definition) is 1. The van der Waals surface area contributed by atoms with Gasteiger partial charge in [0.2, 0.25) is 0 Å². The molecule has 2 heterocycles. The first kappa shape index (κ1) is 15.4. The second-order valence-electron chi connectivity index (χ2n) is 5.28. The van der Waals surface area contributed by atoms with Gasteiger partial charge >= 0.3 is 12.0 Å². The number of nitrogens with zero attached hydrogens (tertiary/aromatic N) is 2. The number of amides is 2. The second-order valence-corrected chi connectivity index (χ2v) is 5.28. The molecule has 1 aliphatic heterocycles. The zero-order valence-corrected chi connectivity index (χ0v) is 12.7. The Morgan fingerprint density at radius 2 is 1.90 bits per heavy atom. The van der Waals surface area contributed by atoms with Crippen molar-refractivity contribution in [2.75, 3.05) is 25.0 Å². The van der Waals surface area contributed by atoms with Crippen LogP contribution in [0, 0.1) is 0 Å². The molecule has 0 aromatic carbocycles. The van der Waals surface area contributed by atoms with Crippen LogP contribution in [0.5, 0.6) is 0 Å². The predicted octanol–water partition coefficient (Wildman–Crippen LogP) is 2.61. The Morgan fingerprint density at radius 1 is 1.24 bits per heavy atom. The summed E-state index contributed by atoms with van der Waals surface area (Å²) in [4.78, 5) is 25.8. The fraction of sp³-hybridized carbons (Fsp3) is 0.600. The molecule has 2 amide bonds. The lowest BCUT2D eigenvalue weighted by atomic mass is 10.2. The lowest BCUT2D eigenvalue weighted by molar-refractivity contribution is 0.0515. The first-order valence-electron chi connectivity index (χ1n) is 7.51. The molecule has 0 unspecified atom stereocenters. The maximum Gasteiger partial charge on any atom is 0.355 e. The van der Waals surface area contributed by atoms with Gasteiger partial charge in [0.05, 0.1) is 12.3 Å². The molecule has 1 N–H and O–H groups in total. The van der Waals surface area contributed by atoms with Gasteiger partial charge in [0.15, 0.2) is 0 Å². The van der Waals surface area contributed by atoms with Crippen molar-refractivity contribution in [2.24, 2.45) is 7.05 Å². The van der Waals surface area contributed by atoms with Gasteiger partial charge in [-0.05, 0) is 25.8 Å². The minimum absolute atomic E-state index is 0.0992. The molecule has 0 spiro atoms. The Kier molecular flexibility index (Phi) is 5.25. The SMILES string of the molecule is CCOC(=O)c1cc(NC(=O)N2CCCCCC2)cn1C. The fourth-order valence-electron chi connectivity index (χ4n) is 2.52. The summed E-state index contributed by atoms with van der Waals surface area (Å²) in [6, 6.07) is 1.55. The summed E-state index contributed by atoms with van der Waals surface area (Å²) >= 11 is 0. The van der Waals surface area contributed by atoms with Gasteiger partial charge in [0, 0.05) is 26.3 Å². The fourth-order valence-corrected chi connectivity index (χ4v) is 2.52. The molecular weight excluding hydrogens is 270 g/mol. The van der Waals surface area contributed by atoms with E-state index in [1.165, 1.54) is 12.8 Å². The Balaban J connectivity index is 2.00. The molecule has 0 saturated carbocycles. The number of nitrogens with one attached hydrogen (secondary N) is 1. The van der Waals surface area contributed by atoms with E-state index in [1.807, 2.05) is 4.90 Å². The van der Waals surface area contributed by atoms with Crippen molar-refractivity contribution in [1.82, 2.24) is 9.47 Å². The number of hydrogen-bond acceptors (Lipinski definition) is 3. The molecule has 0 bridgehead atoms. The molecule has 6 nitrogen and oxygen atoms in total. The number of carbonyl (C=O) groups excluding carboxylic acids is 2. The van der Waals surface area contributed by atoms with Crippen molar-refractivity contribution in [3.05, 3.63) is 18.0 Å². The van der Waals surface area contributed by atoms with Crippen molar-refractivity contribution in [1.29, 1.82) is 0 Å². The van der Waals surface area contributed by atoms with Gasteiger partial charge in [-0.2, -0.15) is 0 Å². The number of esters is 1. The number of likely N-dealkylation sites (tertiary alicyclic amines) is 1. The zero-order chi connectivity index (χ0) is 15.2. The molecule has 2 rings (SSSR count). The molecule has 6 heteroatoms. The van der Waals surface area contributed by atoms with Gasteiger partial charge in [-0.3, -0.25) is 0 Å². The van der Waals surface area contributed by atoms with E-state index in [4.69, 9.17) is 4.74 Å². The molecule has 1 aromatic heterocycles. The standard InChI is InChI=1S/C15H23N3O3/c1-3-21-14(19)13-10-12(11-17(13)2)16-15(20)18-8-6-4-5-7-9-18/h10-11H,3-9H2,1-2H3,(H,16,20). The quantitative estimate of drug-likeness (QED) is 0.871. The predicted molar refractivity (Wildman–Crippen MR) is 80.4 cm³/mol. The molecule has 1 aromatic rings. The minimum atomic E-state index is -0.379. The zero-order valence-electron chi connectivity index (χ0n) is 12.7. The smallest absolute Gasteiger partial charge is 0.355 e. The van der Waals surface area contributed by atoms with Crippen molar-refractivity contribution < 1.29 is 14.3 Å². The third-order valence-electron chi connectivity index (χ3n) is 3.63. The van der Waals surface area contributed by atoms with E-state index < -0.39 is 0 Å². The van der Waals surface area contributed by atoms with Crippen molar-refractivity contribution >= 4 is 17.7 Å². The highest BCUT2D eigenvalue weighted by atomic mass is 16.5. The maximum atomic E-state index is 12.2. The Hall–Kier alpha value is -1.98. The van der Waals surface area contributed by atoms with Crippen molar-refractivity contribution in [2.45, 2.75) is 32.6 Å². The number of aromatic nitrogens is 1. The molecule has 21 heavy (non-hydrogen) atoms. The van der Waals surface area contributed by atoms with Crippen LogP contribution in [0.4, 0.5) is 10.5 Å². The number of rotatable bonds is 3. The average molecular weight is 293 g/mol. The van der Waals surface area contributed by atoms with E-state index in [-0.39, 0.29) is 12.0 Å². The first-order valence-corrected chi connectivity index (χ1v) is 7.51. The lowest BCUT2D eigenvalue weighted by Crippen LogP contribution is -2.35. The molecule has 0 atom stereocenters. The number of anilines is 1. The molecule has 1 fully saturated rings. The number of urea groups is 1. The van der Waals surface area contributed by atoms with Crippen LogP contribution in [0.1, 0.15) is 43.1 Å². The van der Waals surface area contributed by atoms with Gasteiger partial charge in [-0.15, -0.1) is 0 Å². The third kappa shape index (κ3) is 4.00. The summed E-state index contributed by atoms with van der Waals surface area (Å²) in [6.07, 6.45) is 6.19. The van der Waals surface area contributed by atoms with E-state index in [2.05, 4.69) is 5.32 Å². The van der Waals surface area contributed by atoms with Gasteiger partial charge in [-0.1, -0.05) is 12.8 Å². The minimum Gasteiger partial charge on any atom is -0.461 e. The third-order valence-corrected chi connectivity index (χ3v) is 3.63. The molecule has 1 saturated heterocycles. The van der Waals surface area contributed by atoms with Gasteiger partial charge in [0.1, 0.15) is 5.69 Å². The highest BCUT2D eigenvalue weighted by Crippen LogP contribution is 2.16. The first-order chi connectivity index (χ1) is 10.1. The van der Waals surface area contributed by atoms with Crippen LogP contribution in [0.3, 0.4) is 0 Å². The number of carbonyl (C=O) groups is 2. The summed E-state index contributed by atoms with van der Waals surface area (Å²) in [5.74, 6) is -0.379. The number of ether oxygens (including phenoxy) is 1. The van der Waals surface area contributed by atoms with Crippen LogP contribution >= 0.6 is 0 Å². The highest BCUT2D eigenvalue weighted by Gasteiger charge is 2.18. The van der Waals surface area contributed by atoms with E-state index in [9.17, 15) is 9.59 Å². The summed E-state index contributed by atoms with van der Waals surface area (Å²) < 4.78 is 6.64. The van der Waals surface area contributed by atoms with Crippen LogP contribution in [-0.4, -0.2) is 41.2 Å². The summed E-state index contributed by atoms with van der Waals surface area (Å²) in [6.45, 7) is 3.69. The Bertz CT molecular complexity index is 502. The monoisotopic (exact) mass is 293 g/mol. The van der Waals surface area contributed by atoms with Crippen LogP contribution in [0.2, 0.25) is 0 Å². The molecular formula is C15H23N3O3. The number of aryl methyl sites for hydroxylation is 1. The van der Waals surface area contributed by atoms with Crippen LogP contribution < -0.4 is 5.32 Å². The van der Waals surface area contributed by atoms with Crippen LogP contribution in [0.25, 0.3) is 0 Å². The molecule has 0 aliphatic carbocycles. The highest BCUT2D eigenvalue weighted by molar-refractivity contribution is 5.93.